The second-order valence-electron chi connectivity index (χ2n) is 9.10. The standard InChI is InChI=1S/C29H23F3N2O6/c30-29(31,32)28(16-14-21(15-17-28)20-4-2-1-3-5-20)27(37)33-25(26(35)36)18-19-6-10-23(11-7-19)40-24-12-8-22(9-13-24)34(38)39/h1-16,25H,17-18H2,(H,33,37)(H,35,36)/t25-,28?/m0/s1. The van der Waals surface area contributed by atoms with Gasteiger partial charge in [0.05, 0.1) is 4.92 Å². The average Bonchev–Trinajstić information content (AvgIpc) is 2.93. The van der Waals surface area contributed by atoms with Crippen LogP contribution in [0.4, 0.5) is 18.9 Å². The summed E-state index contributed by atoms with van der Waals surface area (Å²) in [5, 5.41) is 22.5. The second-order valence-corrected chi connectivity index (χ2v) is 9.10. The van der Waals surface area contributed by atoms with Crippen LogP contribution in [-0.4, -0.2) is 34.1 Å². The molecule has 1 aliphatic carbocycles. The van der Waals surface area contributed by atoms with Crippen molar-refractivity contribution >= 4 is 23.1 Å². The number of nitrogens with one attached hydrogen (secondary N) is 1. The molecule has 11 heteroatoms. The molecule has 0 saturated carbocycles. The van der Waals surface area contributed by atoms with E-state index >= 15 is 0 Å². The summed E-state index contributed by atoms with van der Waals surface area (Å²) in [5.74, 6) is -2.27. The number of non-ortho nitro benzene ring substituents is 1. The first kappa shape index (κ1) is 28.1. The van der Waals surface area contributed by atoms with Crippen molar-refractivity contribution in [2.45, 2.75) is 25.1 Å². The van der Waals surface area contributed by atoms with Crippen molar-refractivity contribution in [3.63, 3.8) is 0 Å². The van der Waals surface area contributed by atoms with Gasteiger partial charge in [0.25, 0.3) is 5.69 Å². The van der Waals surface area contributed by atoms with Crippen LogP contribution in [0.5, 0.6) is 11.5 Å². The molecule has 2 atom stereocenters. The number of nitrogens with zero attached hydrogens (tertiary/aromatic N) is 1. The summed E-state index contributed by atoms with van der Waals surface area (Å²) in [6.45, 7) is 0. The molecule has 0 aliphatic heterocycles. The van der Waals surface area contributed by atoms with E-state index in [1.165, 1.54) is 60.7 Å². The van der Waals surface area contributed by atoms with Crippen molar-refractivity contribution in [3.8, 4) is 11.5 Å². The molecule has 2 N–H and O–H groups in total. The zero-order valence-corrected chi connectivity index (χ0v) is 20.8. The molecule has 8 nitrogen and oxygen atoms in total. The normalized spacial score (nSPS) is 17.4. The third kappa shape index (κ3) is 6.20. The van der Waals surface area contributed by atoms with Crippen molar-refractivity contribution in [2.75, 3.05) is 0 Å². The van der Waals surface area contributed by atoms with Gasteiger partial charge in [0, 0.05) is 18.6 Å². The van der Waals surface area contributed by atoms with Gasteiger partial charge in [-0.15, -0.1) is 0 Å². The summed E-state index contributed by atoms with van der Waals surface area (Å²) >= 11 is 0. The monoisotopic (exact) mass is 552 g/mol. The van der Waals surface area contributed by atoms with Crippen molar-refractivity contribution in [1.82, 2.24) is 5.32 Å². The van der Waals surface area contributed by atoms with Crippen molar-refractivity contribution < 1.29 is 37.5 Å². The Kier molecular flexibility index (Phi) is 8.03. The van der Waals surface area contributed by atoms with Gasteiger partial charge in [0.2, 0.25) is 5.91 Å². The van der Waals surface area contributed by atoms with Crippen LogP contribution >= 0.6 is 0 Å². The van der Waals surface area contributed by atoms with E-state index in [2.05, 4.69) is 5.32 Å². The van der Waals surface area contributed by atoms with E-state index in [4.69, 9.17) is 4.74 Å². The number of alkyl halides is 3. The molecule has 0 radical (unpaired) electrons. The van der Waals surface area contributed by atoms with Crippen LogP contribution in [0.2, 0.25) is 0 Å². The van der Waals surface area contributed by atoms with Crippen LogP contribution < -0.4 is 10.1 Å². The highest BCUT2D eigenvalue weighted by atomic mass is 19.4. The van der Waals surface area contributed by atoms with Crippen LogP contribution in [0, 0.1) is 15.5 Å². The van der Waals surface area contributed by atoms with Crippen LogP contribution in [0.3, 0.4) is 0 Å². The molecular weight excluding hydrogens is 529 g/mol. The Morgan fingerprint density at radius 3 is 2.10 bits per heavy atom. The molecule has 3 aromatic rings. The van der Waals surface area contributed by atoms with Gasteiger partial charge in [0.1, 0.15) is 17.5 Å². The van der Waals surface area contributed by atoms with Crippen molar-refractivity contribution in [1.29, 1.82) is 0 Å². The lowest BCUT2D eigenvalue weighted by Gasteiger charge is -2.34. The van der Waals surface area contributed by atoms with E-state index in [0.717, 1.165) is 6.08 Å². The molecule has 0 fully saturated rings. The number of nitro benzene ring substituents is 1. The minimum Gasteiger partial charge on any atom is -0.480 e. The smallest absolute Gasteiger partial charge is 0.406 e. The van der Waals surface area contributed by atoms with Gasteiger partial charge >= 0.3 is 12.1 Å². The molecule has 1 aliphatic rings. The zero-order chi connectivity index (χ0) is 28.9. The maximum Gasteiger partial charge on any atom is 0.406 e. The topological polar surface area (TPSA) is 119 Å². The Balaban J connectivity index is 1.45. The fourth-order valence-corrected chi connectivity index (χ4v) is 4.18. The number of carboxylic acid groups (broad SMARTS) is 1. The fraction of sp³-hybridized carbons (Fsp3) is 0.172. The number of ether oxygens (including phenoxy) is 1. The number of hydrogen-bond donors (Lipinski definition) is 2. The number of amides is 1. The third-order valence-corrected chi connectivity index (χ3v) is 6.46. The molecule has 1 amide bonds. The Morgan fingerprint density at radius 1 is 1.00 bits per heavy atom. The molecular formula is C29H23F3N2O6. The predicted molar refractivity (Wildman–Crippen MR) is 140 cm³/mol. The minimum absolute atomic E-state index is 0.104. The van der Waals surface area contributed by atoms with Gasteiger partial charge in [-0.2, -0.15) is 13.2 Å². The number of hydrogen-bond acceptors (Lipinski definition) is 5. The maximum atomic E-state index is 14.2. The number of nitro groups is 1. The summed E-state index contributed by atoms with van der Waals surface area (Å²) in [6.07, 6.45) is -2.58. The number of carbonyl (C=O) groups excluding carboxylic acids is 1. The quantitative estimate of drug-likeness (QED) is 0.245. The van der Waals surface area contributed by atoms with E-state index in [1.54, 1.807) is 30.3 Å². The van der Waals surface area contributed by atoms with Gasteiger partial charge < -0.3 is 15.2 Å². The number of benzene rings is 3. The molecule has 0 heterocycles. The van der Waals surface area contributed by atoms with Crippen molar-refractivity contribution in [2.24, 2.45) is 5.41 Å². The Hall–Kier alpha value is -4.93. The molecule has 1 unspecified atom stereocenters. The van der Waals surface area contributed by atoms with Crippen LogP contribution in [0.1, 0.15) is 17.5 Å². The predicted octanol–water partition coefficient (Wildman–Crippen LogP) is 6.09. The first-order chi connectivity index (χ1) is 19.0. The first-order valence-electron chi connectivity index (χ1n) is 12.0. The highest BCUT2D eigenvalue weighted by Crippen LogP contribution is 2.46. The van der Waals surface area contributed by atoms with Gasteiger partial charge in [-0.25, -0.2) is 4.79 Å². The molecule has 3 aromatic carbocycles. The number of rotatable bonds is 9. The largest absolute Gasteiger partial charge is 0.480 e. The van der Waals surface area contributed by atoms with E-state index in [1.807, 2.05) is 0 Å². The average molecular weight is 553 g/mol. The molecule has 0 aromatic heterocycles. The Bertz CT molecular complexity index is 1450. The number of aliphatic carboxylic acids is 1. The highest BCUT2D eigenvalue weighted by molar-refractivity contribution is 5.92. The van der Waals surface area contributed by atoms with Crippen LogP contribution in [-0.2, 0) is 16.0 Å². The summed E-state index contributed by atoms with van der Waals surface area (Å²) in [4.78, 5) is 35.1. The van der Waals surface area contributed by atoms with E-state index in [0.29, 0.717) is 28.2 Å². The highest BCUT2D eigenvalue weighted by Gasteiger charge is 2.59. The fourth-order valence-electron chi connectivity index (χ4n) is 4.18. The summed E-state index contributed by atoms with van der Waals surface area (Å²) in [5.41, 5.74) is -1.37. The van der Waals surface area contributed by atoms with Crippen LogP contribution in [0.25, 0.3) is 5.57 Å². The minimum atomic E-state index is -4.97. The van der Waals surface area contributed by atoms with E-state index < -0.39 is 40.9 Å². The van der Waals surface area contributed by atoms with E-state index in [9.17, 15) is 38.0 Å². The number of carboxylic acids is 1. The molecule has 206 valence electrons. The van der Waals surface area contributed by atoms with Crippen LogP contribution in [0.15, 0.2) is 97.1 Å². The van der Waals surface area contributed by atoms with Crippen molar-refractivity contribution in [3.05, 3.63) is 118 Å². The Morgan fingerprint density at radius 2 is 1.60 bits per heavy atom. The van der Waals surface area contributed by atoms with E-state index in [-0.39, 0.29) is 12.1 Å². The third-order valence-electron chi connectivity index (χ3n) is 6.46. The zero-order valence-electron chi connectivity index (χ0n) is 20.8. The lowest BCUT2D eigenvalue weighted by molar-refractivity contribution is -0.384. The summed E-state index contributed by atoms with van der Waals surface area (Å²) in [6, 6.07) is 18.5. The lowest BCUT2D eigenvalue weighted by Crippen LogP contribution is -2.54. The lowest BCUT2D eigenvalue weighted by atomic mass is 9.77. The van der Waals surface area contributed by atoms with Gasteiger partial charge in [0.15, 0.2) is 5.41 Å². The van der Waals surface area contributed by atoms with Gasteiger partial charge in [-0.05, 0) is 47.4 Å². The molecule has 4 rings (SSSR count). The summed E-state index contributed by atoms with van der Waals surface area (Å²) < 4.78 is 48.2. The van der Waals surface area contributed by atoms with Gasteiger partial charge in [-0.1, -0.05) is 60.7 Å². The molecule has 0 saturated heterocycles. The summed E-state index contributed by atoms with van der Waals surface area (Å²) in [7, 11) is 0. The molecule has 40 heavy (non-hydrogen) atoms. The van der Waals surface area contributed by atoms with Gasteiger partial charge in [-0.3, -0.25) is 14.9 Å². The number of carbonyl (C=O) groups is 2. The maximum absolute atomic E-state index is 14.2. The number of allylic oxidation sites excluding steroid dienone is 3. The molecule has 0 spiro atoms. The second kappa shape index (κ2) is 11.4. The Labute approximate surface area is 226 Å². The number of halogens is 3. The first-order valence-corrected chi connectivity index (χ1v) is 12.0. The SMILES string of the molecule is O=C(O)[C@H](Cc1ccc(Oc2ccc([N+](=O)[O-])cc2)cc1)NC(=O)C1(C(F)(F)F)C=CC(c2ccccc2)=CC1. The molecule has 0 bridgehead atoms.